The van der Waals surface area contributed by atoms with Crippen molar-refractivity contribution in [3.63, 3.8) is 0 Å². The Morgan fingerprint density at radius 1 is 1.19 bits per heavy atom. The van der Waals surface area contributed by atoms with Gasteiger partial charge in [-0.05, 0) is 22.9 Å². The van der Waals surface area contributed by atoms with E-state index in [1.54, 1.807) is 5.38 Å². The lowest BCUT2D eigenvalue weighted by atomic mass is 10.1. The second-order valence-corrected chi connectivity index (χ2v) is 7.66. The number of thiazole rings is 1. The minimum Gasteiger partial charge on any atom is -0.350 e. The fraction of sp³-hybridized carbons (Fsp3) is 0.263. The maximum absolute atomic E-state index is 12.1. The van der Waals surface area contributed by atoms with Crippen molar-refractivity contribution in [1.82, 2.24) is 10.3 Å². The van der Waals surface area contributed by atoms with Crippen molar-refractivity contribution in [1.29, 1.82) is 0 Å². The van der Waals surface area contributed by atoms with Crippen LogP contribution in [0.3, 0.4) is 0 Å². The second-order valence-electron chi connectivity index (χ2n) is 5.61. The van der Waals surface area contributed by atoms with Crippen LogP contribution in [0.5, 0.6) is 0 Å². The van der Waals surface area contributed by atoms with Gasteiger partial charge in [-0.15, -0.1) is 23.7 Å². The van der Waals surface area contributed by atoms with E-state index in [4.69, 9.17) is 5.73 Å². The van der Waals surface area contributed by atoms with E-state index in [0.29, 0.717) is 18.8 Å². The number of aromatic nitrogens is 1. The predicted octanol–water partition coefficient (Wildman–Crippen LogP) is 3.88. The summed E-state index contributed by atoms with van der Waals surface area (Å²) >= 11 is 3.31. The van der Waals surface area contributed by atoms with Gasteiger partial charge in [-0.1, -0.05) is 42.5 Å². The molecule has 0 saturated heterocycles. The summed E-state index contributed by atoms with van der Waals surface area (Å²) in [7, 11) is 0. The molecule has 1 amide bonds. The van der Waals surface area contributed by atoms with E-state index in [2.05, 4.69) is 52.8 Å². The van der Waals surface area contributed by atoms with Crippen LogP contribution < -0.4 is 11.1 Å². The summed E-state index contributed by atoms with van der Waals surface area (Å²) in [5.74, 6) is 1.70. The molecular formula is C19H22ClN3OS2. The number of benzene rings is 2. The third-order valence-electron chi connectivity index (χ3n) is 3.81. The van der Waals surface area contributed by atoms with Crippen molar-refractivity contribution in [3.8, 4) is 0 Å². The number of thioether (sulfide) groups is 1. The van der Waals surface area contributed by atoms with Gasteiger partial charge in [0.15, 0.2) is 0 Å². The number of carbonyl (C=O) groups is 1. The smallest absolute Gasteiger partial charge is 0.270 e. The Kier molecular flexibility index (Phi) is 8.38. The SMILES string of the molecule is Cl.NCCc1nc(C(=O)NCCSCc2cccc3ccccc23)cs1. The van der Waals surface area contributed by atoms with E-state index in [0.717, 1.165) is 22.9 Å². The van der Waals surface area contributed by atoms with Crippen molar-refractivity contribution < 1.29 is 4.79 Å². The third kappa shape index (κ3) is 5.45. The summed E-state index contributed by atoms with van der Waals surface area (Å²) < 4.78 is 0. The van der Waals surface area contributed by atoms with Crippen LogP contribution in [-0.4, -0.2) is 29.7 Å². The monoisotopic (exact) mass is 407 g/mol. The zero-order valence-electron chi connectivity index (χ0n) is 14.3. The Morgan fingerprint density at radius 2 is 2.00 bits per heavy atom. The van der Waals surface area contributed by atoms with Crippen molar-refractivity contribution >= 4 is 52.2 Å². The number of hydrogen-bond donors (Lipinski definition) is 2. The highest BCUT2D eigenvalue weighted by Gasteiger charge is 2.09. The first-order valence-corrected chi connectivity index (χ1v) is 10.3. The highest BCUT2D eigenvalue weighted by molar-refractivity contribution is 7.98. The van der Waals surface area contributed by atoms with E-state index in [-0.39, 0.29) is 18.3 Å². The van der Waals surface area contributed by atoms with Crippen molar-refractivity contribution in [3.05, 3.63) is 64.1 Å². The summed E-state index contributed by atoms with van der Waals surface area (Å²) in [6.07, 6.45) is 0.721. The van der Waals surface area contributed by atoms with Crippen LogP contribution in [0.2, 0.25) is 0 Å². The van der Waals surface area contributed by atoms with Crippen molar-refractivity contribution in [2.45, 2.75) is 12.2 Å². The van der Waals surface area contributed by atoms with Crippen LogP contribution in [0.1, 0.15) is 21.1 Å². The first kappa shape index (κ1) is 20.7. The van der Waals surface area contributed by atoms with Gasteiger partial charge < -0.3 is 11.1 Å². The second kappa shape index (κ2) is 10.5. The summed E-state index contributed by atoms with van der Waals surface area (Å²) in [5, 5.41) is 8.21. The number of nitrogens with zero attached hydrogens (tertiary/aromatic N) is 1. The number of amides is 1. The molecule has 3 rings (SSSR count). The number of carbonyl (C=O) groups excluding carboxylic acids is 1. The Balaban J connectivity index is 0.00000243. The zero-order chi connectivity index (χ0) is 17.5. The van der Waals surface area contributed by atoms with Gasteiger partial charge in [0, 0.05) is 29.9 Å². The molecular weight excluding hydrogens is 386 g/mol. The third-order valence-corrected chi connectivity index (χ3v) is 5.73. The maximum atomic E-state index is 12.1. The minimum absolute atomic E-state index is 0. The quantitative estimate of drug-likeness (QED) is 0.556. The fourth-order valence-corrected chi connectivity index (χ4v) is 4.24. The first-order chi connectivity index (χ1) is 12.3. The molecule has 0 aliphatic heterocycles. The Labute approximate surface area is 168 Å². The van der Waals surface area contributed by atoms with E-state index in [1.807, 2.05) is 11.8 Å². The molecule has 0 atom stereocenters. The molecule has 1 aromatic heterocycles. The molecule has 0 aliphatic rings. The molecule has 0 aliphatic carbocycles. The number of halogens is 1. The lowest BCUT2D eigenvalue weighted by Crippen LogP contribution is -2.26. The van der Waals surface area contributed by atoms with Gasteiger partial charge in [-0.25, -0.2) is 4.98 Å². The van der Waals surface area contributed by atoms with Crippen molar-refractivity contribution in [2.24, 2.45) is 5.73 Å². The van der Waals surface area contributed by atoms with Gasteiger partial charge in [0.2, 0.25) is 0 Å². The normalized spacial score (nSPS) is 10.5. The number of nitrogens with two attached hydrogens (primary N) is 1. The topological polar surface area (TPSA) is 68.0 Å². The number of hydrogen-bond acceptors (Lipinski definition) is 5. The molecule has 0 radical (unpaired) electrons. The Bertz CT molecular complexity index is 848. The van der Waals surface area contributed by atoms with Gasteiger partial charge in [-0.3, -0.25) is 4.79 Å². The summed E-state index contributed by atoms with van der Waals surface area (Å²) in [6, 6.07) is 14.8. The molecule has 7 heteroatoms. The molecule has 4 nitrogen and oxygen atoms in total. The summed E-state index contributed by atoms with van der Waals surface area (Å²) in [6.45, 7) is 1.19. The van der Waals surface area contributed by atoms with Crippen LogP contribution in [0.4, 0.5) is 0 Å². The summed E-state index contributed by atoms with van der Waals surface area (Å²) in [5.41, 5.74) is 7.33. The summed E-state index contributed by atoms with van der Waals surface area (Å²) in [4.78, 5) is 16.4. The molecule has 0 spiro atoms. The van der Waals surface area contributed by atoms with Crippen LogP contribution in [0.15, 0.2) is 47.8 Å². The highest BCUT2D eigenvalue weighted by atomic mass is 35.5. The van der Waals surface area contributed by atoms with Crippen LogP contribution in [0, 0.1) is 0 Å². The van der Waals surface area contributed by atoms with E-state index < -0.39 is 0 Å². The van der Waals surface area contributed by atoms with Gasteiger partial charge in [0.25, 0.3) is 5.91 Å². The molecule has 138 valence electrons. The van der Waals surface area contributed by atoms with Crippen LogP contribution >= 0.6 is 35.5 Å². The average molecular weight is 408 g/mol. The highest BCUT2D eigenvalue weighted by Crippen LogP contribution is 2.22. The lowest BCUT2D eigenvalue weighted by molar-refractivity contribution is 0.0951. The molecule has 3 aromatic rings. The molecule has 3 N–H and O–H groups in total. The standard InChI is InChI=1S/C19H21N3OS2.ClH/c20-9-8-18-22-17(13-25-18)19(23)21-10-11-24-12-15-6-3-5-14-4-1-2-7-16(14)15;/h1-7,13H,8-12,20H2,(H,21,23);1H. The molecule has 0 fully saturated rings. The van der Waals surface area contributed by atoms with Crippen molar-refractivity contribution in [2.75, 3.05) is 18.8 Å². The lowest BCUT2D eigenvalue weighted by Gasteiger charge is -2.07. The van der Waals surface area contributed by atoms with E-state index >= 15 is 0 Å². The molecule has 26 heavy (non-hydrogen) atoms. The molecule has 0 bridgehead atoms. The molecule has 2 aromatic carbocycles. The number of fused-ring (bicyclic) bond motifs is 1. The van der Waals surface area contributed by atoms with Crippen LogP contribution in [0.25, 0.3) is 10.8 Å². The zero-order valence-corrected chi connectivity index (χ0v) is 16.8. The number of rotatable bonds is 8. The average Bonchev–Trinajstić information content (AvgIpc) is 3.10. The minimum atomic E-state index is -0.106. The molecule has 0 unspecified atom stereocenters. The Morgan fingerprint density at radius 3 is 2.85 bits per heavy atom. The van der Waals surface area contributed by atoms with Gasteiger partial charge in [0.05, 0.1) is 5.01 Å². The van der Waals surface area contributed by atoms with Gasteiger partial charge >= 0.3 is 0 Å². The first-order valence-electron chi connectivity index (χ1n) is 8.25. The van der Waals surface area contributed by atoms with Crippen LogP contribution in [-0.2, 0) is 12.2 Å². The number of nitrogens with one attached hydrogen (secondary N) is 1. The fourth-order valence-electron chi connectivity index (χ4n) is 2.58. The Hall–Kier alpha value is -1.60. The predicted molar refractivity (Wildman–Crippen MR) is 115 cm³/mol. The largest absolute Gasteiger partial charge is 0.350 e. The maximum Gasteiger partial charge on any atom is 0.270 e. The van der Waals surface area contributed by atoms with Gasteiger partial charge in [-0.2, -0.15) is 11.8 Å². The molecule has 1 heterocycles. The van der Waals surface area contributed by atoms with Gasteiger partial charge in [0.1, 0.15) is 5.69 Å². The molecule has 0 saturated carbocycles. The van der Waals surface area contributed by atoms with E-state index in [9.17, 15) is 4.79 Å². The van der Waals surface area contributed by atoms with E-state index in [1.165, 1.54) is 27.7 Å².